The molecule has 0 unspecified atom stereocenters. The predicted molar refractivity (Wildman–Crippen MR) is 80.2 cm³/mol. The van der Waals surface area contributed by atoms with Crippen molar-refractivity contribution < 1.29 is 14.3 Å². The zero-order valence-electron chi connectivity index (χ0n) is 13.3. The lowest BCUT2D eigenvalue weighted by Gasteiger charge is -2.32. The molecule has 0 atom stereocenters. The summed E-state index contributed by atoms with van der Waals surface area (Å²) in [6.45, 7) is 6.96. The highest BCUT2D eigenvalue weighted by atomic mass is 16.5. The van der Waals surface area contributed by atoms with Gasteiger partial charge in [0.1, 0.15) is 0 Å². The van der Waals surface area contributed by atoms with Crippen molar-refractivity contribution in [2.45, 2.75) is 32.8 Å². The molecule has 1 fully saturated rings. The normalized spacial score (nSPS) is 16.6. The van der Waals surface area contributed by atoms with Gasteiger partial charge in [0.05, 0.1) is 19.3 Å². The van der Waals surface area contributed by atoms with Crippen molar-refractivity contribution in [3.8, 4) is 0 Å². The Hall–Kier alpha value is -1.18. The van der Waals surface area contributed by atoms with Crippen LogP contribution in [0.5, 0.6) is 0 Å². The van der Waals surface area contributed by atoms with Crippen molar-refractivity contribution in [3.05, 3.63) is 0 Å². The molecule has 3 N–H and O–H groups in total. The van der Waals surface area contributed by atoms with Gasteiger partial charge < -0.3 is 9.64 Å². The monoisotopic (exact) mass is 300 g/mol. The Bertz CT molecular complexity index is 341. The van der Waals surface area contributed by atoms with Gasteiger partial charge in [-0.1, -0.05) is 0 Å². The number of hydrogen-bond acceptors (Lipinski definition) is 5. The molecule has 0 saturated carbocycles. The Morgan fingerprint density at radius 3 is 2.52 bits per heavy atom. The molecule has 0 aromatic heterocycles. The molecule has 1 saturated heterocycles. The second kappa shape index (κ2) is 8.96. The highest BCUT2D eigenvalue weighted by molar-refractivity contribution is 5.80. The third-order valence-electron chi connectivity index (χ3n) is 3.69. The molecule has 1 aliphatic rings. The molecule has 1 heterocycles. The van der Waals surface area contributed by atoms with Crippen LogP contribution in [0.4, 0.5) is 0 Å². The Balaban J connectivity index is 2.25. The summed E-state index contributed by atoms with van der Waals surface area (Å²) >= 11 is 0. The largest absolute Gasteiger partial charge is 0.377 e. The fourth-order valence-corrected chi connectivity index (χ4v) is 2.36. The van der Waals surface area contributed by atoms with E-state index in [1.54, 1.807) is 0 Å². The fraction of sp³-hybridized carbons (Fsp3) is 0.857. The number of carbonyl (C=O) groups excluding carboxylic acids is 2. The molecule has 122 valence electrons. The number of carbonyl (C=O) groups is 2. The third kappa shape index (κ3) is 6.41. The van der Waals surface area contributed by atoms with E-state index in [9.17, 15) is 9.59 Å². The van der Waals surface area contributed by atoms with E-state index >= 15 is 0 Å². The minimum atomic E-state index is -0.134. The van der Waals surface area contributed by atoms with Gasteiger partial charge in [0.25, 0.3) is 0 Å². The number of hydrazine groups is 1. The first kappa shape index (κ1) is 17.9. The van der Waals surface area contributed by atoms with Gasteiger partial charge >= 0.3 is 0 Å². The van der Waals surface area contributed by atoms with Crippen LogP contribution in [-0.4, -0.2) is 67.6 Å². The van der Waals surface area contributed by atoms with Gasteiger partial charge in [-0.05, 0) is 33.7 Å². The highest BCUT2D eigenvalue weighted by Crippen LogP contribution is 2.17. The van der Waals surface area contributed by atoms with Gasteiger partial charge in [0, 0.05) is 25.6 Å². The summed E-state index contributed by atoms with van der Waals surface area (Å²) in [5.74, 6) is 5.03. The average molecular weight is 300 g/mol. The molecule has 7 heteroatoms. The summed E-state index contributed by atoms with van der Waals surface area (Å²) in [7, 11) is 1.91. The van der Waals surface area contributed by atoms with E-state index < -0.39 is 0 Å². The fourth-order valence-electron chi connectivity index (χ4n) is 2.36. The topological polar surface area (TPSA) is 87.9 Å². The SMILES string of the molecule is CC(C)OCCN(C)CC(=O)N1CCC(C(=O)NN)CC1. The van der Waals surface area contributed by atoms with Gasteiger partial charge in [-0.2, -0.15) is 0 Å². The number of likely N-dealkylation sites (tertiary alicyclic amines) is 1. The van der Waals surface area contributed by atoms with Crippen LogP contribution in [0.2, 0.25) is 0 Å². The van der Waals surface area contributed by atoms with E-state index in [0.717, 1.165) is 6.54 Å². The van der Waals surface area contributed by atoms with E-state index in [-0.39, 0.29) is 23.8 Å². The number of hydrogen-bond donors (Lipinski definition) is 2. The van der Waals surface area contributed by atoms with Crippen LogP contribution >= 0.6 is 0 Å². The summed E-state index contributed by atoms with van der Waals surface area (Å²) in [6, 6.07) is 0. The van der Waals surface area contributed by atoms with Crippen molar-refractivity contribution in [1.82, 2.24) is 15.2 Å². The number of piperidine rings is 1. The smallest absolute Gasteiger partial charge is 0.237 e. The maximum atomic E-state index is 12.2. The van der Waals surface area contributed by atoms with Crippen LogP contribution in [0.25, 0.3) is 0 Å². The second-order valence-electron chi connectivity index (χ2n) is 5.82. The number of ether oxygens (including phenoxy) is 1. The first-order chi connectivity index (χ1) is 9.93. The maximum Gasteiger partial charge on any atom is 0.237 e. The number of rotatable bonds is 7. The van der Waals surface area contributed by atoms with Crippen molar-refractivity contribution >= 4 is 11.8 Å². The van der Waals surface area contributed by atoms with Crippen LogP contribution in [-0.2, 0) is 14.3 Å². The summed E-state index contributed by atoms with van der Waals surface area (Å²) in [6.07, 6.45) is 1.56. The quantitative estimate of drug-likeness (QED) is 0.378. The van der Waals surface area contributed by atoms with Crippen LogP contribution in [0.15, 0.2) is 0 Å². The van der Waals surface area contributed by atoms with Crippen molar-refractivity contribution in [3.63, 3.8) is 0 Å². The highest BCUT2D eigenvalue weighted by Gasteiger charge is 2.27. The standard InChI is InChI=1S/C14H28N4O3/c1-11(2)21-9-8-17(3)10-13(19)18-6-4-12(5-7-18)14(20)16-15/h11-12H,4-10,15H2,1-3H3,(H,16,20). The second-order valence-corrected chi connectivity index (χ2v) is 5.82. The number of amides is 2. The zero-order chi connectivity index (χ0) is 15.8. The molecule has 21 heavy (non-hydrogen) atoms. The van der Waals surface area contributed by atoms with Gasteiger partial charge in [0.15, 0.2) is 0 Å². The minimum Gasteiger partial charge on any atom is -0.377 e. The Labute approximate surface area is 126 Å². The molecule has 2 amide bonds. The lowest BCUT2D eigenvalue weighted by Crippen LogP contribution is -2.47. The van der Waals surface area contributed by atoms with Gasteiger partial charge in [-0.3, -0.25) is 19.9 Å². The van der Waals surface area contributed by atoms with Crippen LogP contribution < -0.4 is 11.3 Å². The lowest BCUT2D eigenvalue weighted by atomic mass is 9.96. The summed E-state index contributed by atoms with van der Waals surface area (Å²) in [5, 5.41) is 0. The van der Waals surface area contributed by atoms with Crippen LogP contribution in [0.3, 0.4) is 0 Å². The Morgan fingerprint density at radius 1 is 1.38 bits per heavy atom. The van der Waals surface area contributed by atoms with Gasteiger partial charge in [-0.15, -0.1) is 0 Å². The molecule has 1 rings (SSSR count). The third-order valence-corrected chi connectivity index (χ3v) is 3.69. The minimum absolute atomic E-state index is 0.0729. The van der Waals surface area contributed by atoms with Gasteiger partial charge in [-0.25, -0.2) is 5.84 Å². The van der Waals surface area contributed by atoms with Crippen LogP contribution in [0, 0.1) is 5.92 Å². The molecule has 0 bridgehead atoms. The maximum absolute atomic E-state index is 12.2. The molecule has 0 aromatic rings. The van der Waals surface area contributed by atoms with E-state index in [1.807, 2.05) is 30.7 Å². The number of nitrogens with zero attached hydrogens (tertiary/aromatic N) is 2. The Morgan fingerprint density at radius 2 is 2.00 bits per heavy atom. The van der Waals surface area contributed by atoms with Crippen LogP contribution in [0.1, 0.15) is 26.7 Å². The first-order valence-corrected chi connectivity index (χ1v) is 7.52. The van der Waals surface area contributed by atoms with E-state index in [0.29, 0.717) is 39.1 Å². The summed E-state index contributed by atoms with van der Waals surface area (Å²) in [5.41, 5.74) is 2.18. The van der Waals surface area contributed by atoms with E-state index in [4.69, 9.17) is 10.6 Å². The number of likely N-dealkylation sites (N-methyl/N-ethyl adjacent to an activating group) is 1. The Kier molecular flexibility index (Phi) is 7.63. The molecule has 0 aliphatic carbocycles. The number of nitrogens with two attached hydrogens (primary N) is 1. The van der Waals surface area contributed by atoms with E-state index in [1.165, 1.54) is 0 Å². The van der Waals surface area contributed by atoms with E-state index in [2.05, 4.69) is 5.43 Å². The summed E-state index contributed by atoms with van der Waals surface area (Å²) in [4.78, 5) is 27.4. The molecule has 1 aliphatic heterocycles. The zero-order valence-corrected chi connectivity index (χ0v) is 13.3. The summed E-state index contributed by atoms with van der Waals surface area (Å²) < 4.78 is 5.47. The number of nitrogens with one attached hydrogen (secondary N) is 1. The van der Waals surface area contributed by atoms with Crippen molar-refractivity contribution in [1.29, 1.82) is 0 Å². The molecule has 0 aromatic carbocycles. The molecule has 0 radical (unpaired) electrons. The van der Waals surface area contributed by atoms with Crippen molar-refractivity contribution in [2.75, 3.05) is 39.8 Å². The molecular formula is C14H28N4O3. The molecule has 0 spiro atoms. The molecular weight excluding hydrogens is 272 g/mol. The molecule has 7 nitrogen and oxygen atoms in total. The first-order valence-electron chi connectivity index (χ1n) is 7.52. The predicted octanol–water partition coefficient (Wildman–Crippen LogP) is -0.428. The lowest BCUT2D eigenvalue weighted by molar-refractivity contribution is -0.136. The average Bonchev–Trinajstić information content (AvgIpc) is 2.46. The van der Waals surface area contributed by atoms with Crippen molar-refractivity contribution in [2.24, 2.45) is 11.8 Å². The van der Waals surface area contributed by atoms with Gasteiger partial charge in [0.2, 0.25) is 11.8 Å².